The Morgan fingerprint density at radius 2 is 1.64 bits per heavy atom. The van der Waals surface area contributed by atoms with Crippen LogP contribution in [-0.2, 0) is 4.79 Å². The van der Waals surface area contributed by atoms with Gasteiger partial charge in [-0.25, -0.2) is 4.98 Å². The van der Waals surface area contributed by atoms with E-state index in [4.69, 9.17) is 4.52 Å². The Kier molecular flexibility index (Phi) is 5.87. The molecule has 0 spiro atoms. The predicted octanol–water partition coefficient (Wildman–Crippen LogP) is 4.31. The van der Waals surface area contributed by atoms with Crippen molar-refractivity contribution in [3.05, 3.63) is 47.7 Å². The van der Waals surface area contributed by atoms with Crippen LogP contribution in [-0.4, -0.2) is 57.9 Å². The molecule has 2 aliphatic heterocycles. The first-order valence-corrected chi connectivity index (χ1v) is 11.9. The van der Waals surface area contributed by atoms with Crippen molar-refractivity contribution in [3.8, 4) is 11.3 Å². The molecule has 0 aliphatic carbocycles. The number of hydrogen-bond acceptors (Lipinski definition) is 5. The molecule has 0 radical (unpaired) electrons. The van der Waals surface area contributed by atoms with Crippen molar-refractivity contribution < 1.29 is 14.1 Å². The summed E-state index contributed by atoms with van der Waals surface area (Å²) in [6.07, 6.45) is 3.59. The number of carbonyl (C=O) groups excluding carboxylic acids is 2. The highest BCUT2D eigenvalue weighted by Crippen LogP contribution is 2.30. The number of hydrogen-bond donors (Lipinski definition) is 0. The second-order valence-corrected chi connectivity index (χ2v) is 9.44. The van der Waals surface area contributed by atoms with E-state index in [2.05, 4.69) is 17.1 Å². The number of carbonyl (C=O) groups is 2. The summed E-state index contributed by atoms with van der Waals surface area (Å²) in [5.74, 6) is 0.926. The van der Waals surface area contributed by atoms with Crippen LogP contribution < -0.4 is 0 Å². The number of fused-ring (bicyclic) bond motifs is 1. The van der Waals surface area contributed by atoms with Crippen molar-refractivity contribution >= 4 is 22.9 Å². The Morgan fingerprint density at radius 3 is 2.33 bits per heavy atom. The zero-order valence-corrected chi connectivity index (χ0v) is 19.3. The Labute approximate surface area is 193 Å². The van der Waals surface area contributed by atoms with Gasteiger partial charge in [-0.15, -0.1) is 0 Å². The molecule has 7 heteroatoms. The first kappa shape index (κ1) is 21.6. The first-order valence-electron chi connectivity index (χ1n) is 11.9. The predicted molar refractivity (Wildman–Crippen MR) is 126 cm³/mol. The molecule has 0 bridgehead atoms. The quantitative estimate of drug-likeness (QED) is 0.599. The summed E-state index contributed by atoms with van der Waals surface area (Å²) in [6.45, 7) is 6.97. The zero-order chi connectivity index (χ0) is 22.9. The van der Waals surface area contributed by atoms with Crippen LogP contribution in [0.3, 0.4) is 0 Å². The van der Waals surface area contributed by atoms with E-state index in [1.807, 2.05) is 53.1 Å². The van der Waals surface area contributed by atoms with Crippen LogP contribution in [0, 0.1) is 18.8 Å². The van der Waals surface area contributed by atoms with Gasteiger partial charge in [0.1, 0.15) is 0 Å². The number of likely N-dealkylation sites (tertiary alicyclic amines) is 2. The summed E-state index contributed by atoms with van der Waals surface area (Å²) in [4.78, 5) is 35.1. The Bertz CT molecular complexity index is 1160. The summed E-state index contributed by atoms with van der Waals surface area (Å²) in [7, 11) is 0. The minimum absolute atomic E-state index is 0.0112. The molecule has 5 rings (SSSR count). The lowest BCUT2D eigenvalue weighted by molar-refractivity contribution is -0.138. The fraction of sp³-hybridized carbons (Fsp3) is 0.462. The molecule has 172 valence electrons. The van der Waals surface area contributed by atoms with Gasteiger partial charge in [0.05, 0.1) is 22.3 Å². The first-order chi connectivity index (χ1) is 16.0. The van der Waals surface area contributed by atoms with Crippen LogP contribution in [0.2, 0.25) is 0 Å². The van der Waals surface area contributed by atoms with Crippen molar-refractivity contribution in [1.29, 1.82) is 0 Å². The Hall–Kier alpha value is -3.22. The molecule has 0 saturated carbocycles. The molecule has 0 unspecified atom stereocenters. The maximum absolute atomic E-state index is 13.6. The summed E-state index contributed by atoms with van der Waals surface area (Å²) in [5, 5.41) is 4.72. The molecule has 1 aromatic carbocycles. The van der Waals surface area contributed by atoms with Gasteiger partial charge in [-0.3, -0.25) is 9.59 Å². The minimum atomic E-state index is -0.0522. The number of pyridine rings is 1. The highest BCUT2D eigenvalue weighted by atomic mass is 16.5. The third-order valence-electron chi connectivity index (χ3n) is 7.14. The molecular formula is C26H30N4O3. The molecule has 3 aromatic rings. The molecule has 0 atom stereocenters. The number of nitrogens with zero attached hydrogens (tertiary/aromatic N) is 4. The largest absolute Gasteiger partial charge is 0.342 e. The number of piperidine rings is 2. The van der Waals surface area contributed by atoms with Crippen molar-refractivity contribution in [2.45, 2.75) is 39.5 Å². The maximum Gasteiger partial charge on any atom is 0.259 e. The van der Waals surface area contributed by atoms with Gasteiger partial charge in [-0.1, -0.05) is 42.4 Å². The summed E-state index contributed by atoms with van der Waals surface area (Å²) < 4.78 is 5.43. The van der Waals surface area contributed by atoms with E-state index >= 15 is 0 Å². The van der Waals surface area contributed by atoms with E-state index in [0.717, 1.165) is 31.5 Å². The van der Waals surface area contributed by atoms with Gasteiger partial charge in [0.2, 0.25) is 5.91 Å². The van der Waals surface area contributed by atoms with Crippen LogP contribution in [0.15, 0.2) is 40.9 Å². The van der Waals surface area contributed by atoms with Crippen molar-refractivity contribution in [1.82, 2.24) is 19.9 Å². The van der Waals surface area contributed by atoms with Crippen molar-refractivity contribution in [2.24, 2.45) is 11.8 Å². The lowest BCUT2D eigenvalue weighted by Gasteiger charge is -2.36. The van der Waals surface area contributed by atoms with Gasteiger partial charge in [0, 0.05) is 37.7 Å². The van der Waals surface area contributed by atoms with Gasteiger partial charge in [0.25, 0.3) is 11.6 Å². The standard InChI is InChI=1S/C26H30N4O3/c1-17-8-12-29(13-9-17)25(31)20-10-14-30(15-11-20)26(32)21-16-22(19-6-4-3-5-7-19)27-24-23(21)18(2)28-33-24/h3-7,16-17,20H,8-15H2,1-2H3. The SMILES string of the molecule is Cc1noc2nc(-c3ccccc3)cc(C(=O)N3CCC(C(=O)N4CCC(C)CC4)CC3)c12. The second-order valence-electron chi connectivity index (χ2n) is 9.44. The topological polar surface area (TPSA) is 79.5 Å². The molecule has 2 aromatic heterocycles. The minimum Gasteiger partial charge on any atom is -0.342 e. The molecular weight excluding hydrogens is 416 g/mol. The summed E-state index contributed by atoms with van der Waals surface area (Å²) >= 11 is 0. The second kappa shape index (κ2) is 8.96. The van der Waals surface area contributed by atoms with Crippen LogP contribution in [0.1, 0.15) is 48.7 Å². The van der Waals surface area contributed by atoms with Crippen LogP contribution in [0.5, 0.6) is 0 Å². The molecule has 2 fully saturated rings. The van der Waals surface area contributed by atoms with Gasteiger partial charge < -0.3 is 14.3 Å². The van der Waals surface area contributed by atoms with E-state index < -0.39 is 0 Å². The average molecular weight is 447 g/mol. The van der Waals surface area contributed by atoms with E-state index in [1.165, 1.54) is 0 Å². The van der Waals surface area contributed by atoms with Gasteiger partial charge in [0.15, 0.2) is 0 Å². The highest BCUT2D eigenvalue weighted by Gasteiger charge is 2.33. The number of rotatable bonds is 3. The number of benzene rings is 1. The molecule has 2 aliphatic rings. The molecule has 4 heterocycles. The lowest BCUT2D eigenvalue weighted by atomic mass is 9.92. The smallest absolute Gasteiger partial charge is 0.259 e. The zero-order valence-electron chi connectivity index (χ0n) is 19.3. The van der Waals surface area contributed by atoms with Crippen LogP contribution in [0.4, 0.5) is 0 Å². The van der Waals surface area contributed by atoms with E-state index in [0.29, 0.717) is 59.9 Å². The monoisotopic (exact) mass is 446 g/mol. The number of amides is 2. The average Bonchev–Trinajstić information content (AvgIpc) is 3.24. The third kappa shape index (κ3) is 4.24. The fourth-order valence-electron chi connectivity index (χ4n) is 5.01. The van der Waals surface area contributed by atoms with E-state index in [-0.39, 0.29) is 17.7 Å². The van der Waals surface area contributed by atoms with Gasteiger partial charge in [-0.05, 0) is 44.6 Å². The van der Waals surface area contributed by atoms with Crippen LogP contribution in [0.25, 0.3) is 22.4 Å². The lowest BCUT2D eigenvalue weighted by Crippen LogP contribution is -2.46. The van der Waals surface area contributed by atoms with Gasteiger partial charge >= 0.3 is 0 Å². The molecule has 7 nitrogen and oxygen atoms in total. The summed E-state index contributed by atoms with van der Waals surface area (Å²) in [6, 6.07) is 11.6. The number of aromatic nitrogens is 2. The summed E-state index contributed by atoms with van der Waals surface area (Å²) in [5.41, 5.74) is 3.20. The van der Waals surface area contributed by atoms with Crippen molar-refractivity contribution in [2.75, 3.05) is 26.2 Å². The molecule has 2 saturated heterocycles. The third-order valence-corrected chi connectivity index (χ3v) is 7.14. The fourth-order valence-corrected chi connectivity index (χ4v) is 5.01. The normalized spacial score (nSPS) is 18.1. The molecule has 33 heavy (non-hydrogen) atoms. The molecule has 2 amide bonds. The maximum atomic E-state index is 13.6. The Balaban J connectivity index is 1.34. The van der Waals surface area contributed by atoms with E-state index in [1.54, 1.807) is 0 Å². The molecule has 0 N–H and O–H groups in total. The number of aryl methyl sites for hydroxylation is 1. The van der Waals surface area contributed by atoms with Crippen molar-refractivity contribution in [3.63, 3.8) is 0 Å². The van der Waals surface area contributed by atoms with Gasteiger partial charge in [-0.2, -0.15) is 0 Å². The highest BCUT2D eigenvalue weighted by molar-refractivity contribution is 6.07. The van der Waals surface area contributed by atoms with E-state index in [9.17, 15) is 9.59 Å². The Morgan fingerprint density at radius 1 is 0.970 bits per heavy atom. The van der Waals surface area contributed by atoms with Crippen LogP contribution >= 0.6 is 0 Å².